The summed E-state index contributed by atoms with van der Waals surface area (Å²) in [7, 11) is 0. The molecule has 0 saturated carbocycles. The molecule has 1 aliphatic heterocycles. The van der Waals surface area contributed by atoms with E-state index < -0.39 is 17.9 Å². The molecule has 0 radical (unpaired) electrons. The molecule has 2 atom stereocenters. The molecule has 0 amide bonds. The number of hydrogen-bond acceptors (Lipinski definition) is 6. The first-order chi connectivity index (χ1) is 11.3. The average Bonchev–Trinajstić information content (AvgIpc) is 3.02. The first-order valence-corrected chi connectivity index (χ1v) is 7.98. The summed E-state index contributed by atoms with van der Waals surface area (Å²) in [5.41, 5.74) is -1.03. The fraction of sp³-hybridized carbons (Fsp3) is 0.733. The minimum Gasteiger partial charge on any atom is -0.394 e. The minimum atomic E-state index is -4.58. The summed E-state index contributed by atoms with van der Waals surface area (Å²) in [5, 5.41) is 15.0. The van der Waals surface area contributed by atoms with E-state index in [9.17, 15) is 18.3 Å². The summed E-state index contributed by atoms with van der Waals surface area (Å²) in [6.07, 6.45) is -2.78. The lowest BCUT2D eigenvalue weighted by molar-refractivity contribution is -0.141. The van der Waals surface area contributed by atoms with Crippen LogP contribution >= 0.6 is 0 Å². The van der Waals surface area contributed by atoms with Crippen molar-refractivity contribution in [2.45, 2.75) is 45.0 Å². The number of ether oxygens (including phenoxy) is 1. The van der Waals surface area contributed by atoms with Crippen molar-refractivity contribution in [1.29, 1.82) is 0 Å². The van der Waals surface area contributed by atoms with Gasteiger partial charge in [0.2, 0.25) is 5.95 Å². The largest absolute Gasteiger partial charge is 0.433 e. The molecule has 1 saturated heterocycles. The Kier molecular flexibility index (Phi) is 6.22. The van der Waals surface area contributed by atoms with Crippen LogP contribution in [0.4, 0.5) is 24.9 Å². The van der Waals surface area contributed by atoms with Crippen LogP contribution in [0.3, 0.4) is 0 Å². The Hall–Kier alpha value is -1.61. The molecule has 1 aromatic rings. The minimum absolute atomic E-state index is 0.0106. The van der Waals surface area contributed by atoms with Crippen molar-refractivity contribution in [2.24, 2.45) is 5.92 Å². The maximum absolute atomic E-state index is 13.0. The maximum Gasteiger partial charge on any atom is 0.433 e. The molecule has 136 valence electrons. The Morgan fingerprint density at radius 2 is 2.12 bits per heavy atom. The van der Waals surface area contributed by atoms with Crippen LogP contribution in [-0.2, 0) is 10.9 Å². The van der Waals surface area contributed by atoms with E-state index in [0.717, 1.165) is 18.9 Å². The molecule has 1 fully saturated rings. The molecular formula is C15H23F3N4O2. The number of rotatable bonds is 7. The Morgan fingerprint density at radius 1 is 1.38 bits per heavy atom. The van der Waals surface area contributed by atoms with Crippen LogP contribution < -0.4 is 10.6 Å². The van der Waals surface area contributed by atoms with Crippen molar-refractivity contribution in [3.63, 3.8) is 0 Å². The molecule has 0 unspecified atom stereocenters. The number of halogens is 3. The van der Waals surface area contributed by atoms with Gasteiger partial charge in [-0.05, 0) is 18.8 Å². The number of nitrogens with one attached hydrogen (secondary N) is 2. The molecule has 1 aliphatic rings. The summed E-state index contributed by atoms with van der Waals surface area (Å²) >= 11 is 0. The number of aromatic nitrogens is 2. The van der Waals surface area contributed by atoms with Gasteiger partial charge in [0.15, 0.2) is 5.69 Å². The van der Waals surface area contributed by atoms with Crippen molar-refractivity contribution in [3.05, 3.63) is 11.8 Å². The molecule has 2 heterocycles. The van der Waals surface area contributed by atoms with Crippen LogP contribution in [-0.4, -0.2) is 47.0 Å². The number of aliphatic hydroxyl groups is 1. The van der Waals surface area contributed by atoms with Crippen LogP contribution in [0.1, 0.15) is 32.4 Å². The molecule has 0 aliphatic carbocycles. The Balaban J connectivity index is 2.17. The normalized spacial score (nSPS) is 19.5. The predicted octanol–water partition coefficient (Wildman–Crippen LogP) is 2.52. The van der Waals surface area contributed by atoms with E-state index in [-0.39, 0.29) is 30.4 Å². The summed E-state index contributed by atoms with van der Waals surface area (Å²) in [6, 6.07) is 0.447. The van der Waals surface area contributed by atoms with Gasteiger partial charge < -0.3 is 20.5 Å². The SMILES string of the molecule is CC(C)[C@@H](CO)Nc1nc(NC[C@H]2CCCO2)cc(C(F)(F)F)n1. The Labute approximate surface area is 138 Å². The second-order valence-corrected chi connectivity index (χ2v) is 6.15. The van der Waals surface area contributed by atoms with Gasteiger partial charge in [-0.2, -0.15) is 18.2 Å². The quantitative estimate of drug-likeness (QED) is 0.703. The molecule has 24 heavy (non-hydrogen) atoms. The highest BCUT2D eigenvalue weighted by Crippen LogP contribution is 2.30. The third-order valence-corrected chi connectivity index (χ3v) is 3.87. The van der Waals surface area contributed by atoms with Gasteiger partial charge in [0, 0.05) is 19.2 Å². The smallest absolute Gasteiger partial charge is 0.394 e. The van der Waals surface area contributed by atoms with E-state index in [1.54, 1.807) is 0 Å². The highest BCUT2D eigenvalue weighted by atomic mass is 19.4. The van der Waals surface area contributed by atoms with Gasteiger partial charge in [-0.1, -0.05) is 13.8 Å². The predicted molar refractivity (Wildman–Crippen MR) is 83.8 cm³/mol. The standard InChI is InChI=1S/C15H23F3N4O2/c1-9(2)11(8-23)20-14-21-12(15(16,17)18)6-13(22-14)19-7-10-4-3-5-24-10/h6,9-11,23H,3-5,7-8H2,1-2H3,(H2,19,20,21,22)/t10-,11-/m1/s1. The molecule has 6 nitrogen and oxygen atoms in total. The van der Waals surface area contributed by atoms with Crippen molar-refractivity contribution in [1.82, 2.24) is 9.97 Å². The number of aliphatic hydroxyl groups excluding tert-OH is 1. The van der Waals surface area contributed by atoms with E-state index in [0.29, 0.717) is 13.2 Å². The number of hydrogen-bond donors (Lipinski definition) is 3. The van der Waals surface area contributed by atoms with E-state index >= 15 is 0 Å². The number of alkyl halides is 3. The zero-order valence-corrected chi connectivity index (χ0v) is 13.7. The van der Waals surface area contributed by atoms with Gasteiger partial charge in [-0.25, -0.2) is 4.98 Å². The van der Waals surface area contributed by atoms with Gasteiger partial charge in [0.25, 0.3) is 0 Å². The molecule has 0 spiro atoms. The topological polar surface area (TPSA) is 79.3 Å². The summed E-state index contributed by atoms with van der Waals surface area (Å²) < 4.78 is 44.6. The van der Waals surface area contributed by atoms with Crippen molar-refractivity contribution in [2.75, 3.05) is 30.4 Å². The fourth-order valence-corrected chi connectivity index (χ4v) is 2.36. The Bertz CT molecular complexity index is 534. The van der Waals surface area contributed by atoms with Gasteiger partial charge in [-0.15, -0.1) is 0 Å². The third-order valence-electron chi connectivity index (χ3n) is 3.87. The van der Waals surface area contributed by atoms with Gasteiger partial charge in [0.05, 0.1) is 18.8 Å². The molecule has 2 rings (SSSR count). The van der Waals surface area contributed by atoms with Crippen LogP contribution in [0.5, 0.6) is 0 Å². The van der Waals surface area contributed by atoms with Crippen molar-refractivity contribution >= 4 is 11.8 Å². The molecule has 0 aromatic carbocycles. The fourth-order valence-electron chi connectivity index (χ4n) is 2.36. The van der Waals surface area contributed by atoms with E-state index in [4.69, 9.17) is 4.74 Å². The maximum atomic E-state index is 13.0. The Morgan fingerprint density at radius 3 is 2.67 bits per heavy atom. The average molecular weight is 348 g/mol. The van der Waals surface area contributed by atoms with Gasteiger partial charge in [0.1, 0.15) is 5.82 Å². The van der Waals surface area contributed by atoms with Crippen LogP contribution in [0.15, 0.2) is 6.07 Å². The summed E-state index contributed by atoms with van der Waals surface area (Å²) in [4.78, 5) is 7.60. The molecule has 1 aromatic heterocycles. The lowest BCUT2D eigenvalue weighted by atomic mass is 10.1. The molecule has 0 bridgehead atoms. The second-order valence-electron chi connectivity index (χ2n) is 6.15. The highest BCUT2D eigenvalue weighted by molar-refractivity contribution is 5.43. The second kappa shape index (κ2) is 7.98. The summed E-state index contributed by atoms with van der Waals surface area (Å²) in [6.45, 7) is 4.52. The lowest BCUT2D eigenvalue weighted by Gasteiger charge is -2.21. The molecular weight excluding hydrogens is 325 g/mol. The first kappa shape index (κ1) is 18.7. The first-order valence-electron chi connectivity index (χ1n) is 7.98. The molecule has 9 heteroatoms. The number of nitrogens with zero attached hydrogens (tertiary/aromatic N) is 2. The van der Waals surface area contributed by atoms with E-state index in [1.807, 2.05) is 13.8 Å². The molecule has 3 N–H and O–H groups in total. The van der Waals surface area contributed by atoms with Gasteiger partial charge >= 0.3 is 6.18 Å². The monoisotopic (exact) mass is 348 g/mol. The van der Waals surface area contributed by atoms with E-state index in [2.05, 4.69) is 20.6 Å². The van der Waals surface area contributed by atoms with Crippen LogP contribution in [0.25, 0.3) is 0 Å². The summed E-state index contributed by atoms with van der Waals surface area (Å²) in [5.74, 6) is -0.0698. The highest BCUT2D eigenvalue weighted by Gasteiger charge is 2.34. The third kappa shape index (κ3) is 5.20. The van der Waals surface area contributed by atoms with Crippen LogP contribution in [0, 0.1) is 5.92 Å². The van der Waals surface area contributed by atoms with Crippen molar-refractivity contribution < 1.29 is 23.0 Å². The van der Waals surface area contributed by atoms with Crippen molar-refractivity contribution in [3.8, 4) is 0 Å². The van der Waals surface area contributed by atoms with E-state index in [1.165, 1.54) is 0 Å². The zero-order valence-electron chi connectivity index (χ0n) is 13.7. The van der Waals surface area contributed by atoms with Crippen LogP contribution in [0.2, 0.25) is 0 Å². The van der Waals surface area contributed by atoms with Gasteiger partial charge in [-0.3, -0.25) is 0 Å². The zero-order chi connectivity index (χ0) is 17.7. The number of anilines is 2. The lowest BCUT2D eigenvalue weighted by Crippen LogP contribution is -2.31.